The molecule has 0 aromatic carbocycles. The van der Waals surface area contributed by atoms with Gasteiger partial charge >= 0.3 is 5.97 Å². The van der Waals surface area contributed by atoms with Crippen LogP contribution in [0.2, 0.25) is 0 Å². The summed E-state index contributed by atoms with van der Waals surface area (Å²) in [6.07, 6.45) is 8.80. The summed E-state index contributed by atoms with van der Waals surface area (Å²) in [5, 5.41) is 0. The van der Waals surface area contributed by atoms with E-state index in [0.29, 0.717) is 6.42 Å². The molecule has 0 aliphatic rings. The second kappa shape index (κ2) is 9.75. The third kappa shape index (κ3) is 8.22. The van der Waals surface area contributed by atoms with Gasteiger partial charge in [-0.1, -0.05) is 33.1 Å². The van der Waals surface area contributed by atoms with E-state index in [1.165, 1.54) is 12.8 Å². The molecule has 0 fully saturated rings. The highest BCUT2D eigenvalue weighted by atomic mass is 16.5. The standard InChI is InChI=1S/C13H24O2/c1-4-7-9-10-12(6-3)15-13(14)11-8-5-2/h6H,4-5,7-11H2,1-3H3/b12-6-. The van der Waals surface area contributed by atoms with Crippen molar-refractivity contribution in [3.63, 3.8) is 0 Å². The van der Waals surface area contributed by atoms with Gasteiger partial charge in [0.25, 0.3) is 0 Å². The van der Waals surface area contributed by atoms with Gasteiger partial charge in [-0.15, -0.1) is 0 Å². The van der Waals surface area contributed by atoms with Gasteiger partial charge in [-0.2, -0.15) is 0 Å². The van der Waals surface area contributed by atoms with Crippen LogP contribution < -0.4 is 0 Å². The molecule has 0 amide bonds. The highest BCUT2D eigenvalue weighted by Gasteiger charge is 2.05. The van der Waals surface area contributed by atoms with Gasteiger partial charge in [0.05, 0.1) is 0 Å². The quantitative estimate of drug-likeness (QED) is 0.342. The number of hydrogen-bond donors (Lipinski definition) is 0. The summed E-state index contributed by atoms with van der Waals surface area (Å²) in [5.74, 6) is 0.756. The van der Waals surface area contributed by atoms with E-state index in [9.17, 15) is 4.79 Å². The van der Waals surface area contributed by atoms with E-state index in [1.54, 1.807) is 0 Å². The predicted molar refractivity (Wildman–Crippen MR) is 63.5 cm³/mol. The summed E-state index contributed by atoms with van der Waals surface area (Å²) in [4.78, 5) is 11.3. The first-order chi connectivity index (χ1) is 7.24. The molecule has 0 aromatic rings. The fourth-order valence-corrected chi connectivity index (χ4v) is 1.32. The van der Waals surface area contributed by atoms with E-state index in [4.69, 9.17) is 4.74 Å². The summed E-state index contributed by atoms with van der Waals surface area (Å²) < 4.78 is 5.27. The summed E-state index contributed by atoms with van der Waals surface area (Å²) in [6.45, 7) is 6.17. The molecule has 0 aliphatic heterocycles. The number of hydrogen-bond acceptors (Lipinski definition) is 2. The van der Waals surface area contributed by atoms with Crippen molar-refractivity contribution in [1.82, 2.24) is 0 Å². The van der Waals surface area contributed by atoms with Crippen molar-refractivity contribution in [2.75, 3.05) is 0 Å². The Bertz CT molecular complexity index is 195. The Morgan fingerprint density at radius 2 is 1.73 bits per heavy atom. The van der Waals surface area contributed by atoms with Crippen molar-refractivity contribution in [3.05, 3.63) is 11.8 Å². The smallest absolute Gasteiger partial charge is 0.310 e. The molecule has 0 spiro atoms. The molecule has 0 N–H and O–H groups in total. The molecular formula is C13H24O2. The first-order valence-corrected chi connectivity index (χ1v) is 6.10. The number of esters is 1. The van der Waals surface area contributed by atoms with E-state index in [-0.39, 0.29) is 5.97 Å². The van der Waals surface area contributed by atoms with E-state index in [1.807, 2.05) is 13.0 Å². The molecule has 0 radical (unpaired) electrons. The van der Waals surface area contributed by atoms with Crippen molar-refractivity contribution < 1.29 is 9.53 Å². The fraction of sp³-hybridized carbons (Fsp3) is 0.769. The van der Waals surface area contributed by atoms with Crippen molar-refractivity contribution >= 4 is 5.97 Å². The Hall–Kier alpha value is -0.790. The number of rotatable bonds is 8. The van der Waals surface area contributed by atoms with Crippen LogP contribution in [0, 0.1) is 0 Å². The Kier molecular flexibility index (Phi) is 9.24. The van der Waals surface area contributed by atoms with E-state index < -0.39 is 0 Å². The average Bonchev–Trinajstić information content (AvgIpc) is 2.25. The fourth-order valence-electron chi connectivity index (χ4n) is 1.32. The number of unbranched alkanes of at least 4 members (excludes halogenated alkanes) is 3. The Morgan fingerprint density at radius 1 is 1.07 bits per heavy atom. The zero-order valence-corrected chi connectivity index (χ0v) is 10.3. The van der Waals surface area contributed by atoms with Crippen molar-refractivity contribution in [1.29, 1.82) is 0 Å². The molecule has 0 saturated carbocycles. The molecule has 0 atom stereocenters. The predicted octanol–water partition coefficient (Wildman–Crippen LogP) is 4.20. The summed E-state index contributed by atoms with van der Waals surface area (Å²) in [6, 6.07) is 0. The van der Waals surface area contributed by atoms with Gasteiger partial charge in [-0.05, 0) is 25.8 Å². The molecule has 0 rings (SSSR count). The van der Waals surface area contributed by atoms with Gasteiger partial charge in [0.2, 0.25) is 0 Å². The highest BCUT2D eigenvalue weighted by Crippen LogP contribution is 2.12. The number of carbonyl (C=O) groups excluding carboxylic acids is 1. The normalized spacial score (nSPS) is 11.5. The van der Waals surface area contributed by atoms with Crippen molar-refractivity contribution in [2.45, 2.75) is 65.7 Å². The monoisotopic (exact) mass is 212 g/mol. The van der Waals surface area contributed by atoms with Crippen LogP contribution in [-0.4, -0.2) is 5.97 Å². The zero-order chi connectivity index (χ0) is 11.5. The van der Waals surface area contributed by atoms with E-state index in [2.05, 4.69) is 13.8 Å². The molecular weight excluding hydrogens is 188 g/mol. The van der Waals surface area contributed by atoms with Crippen LogP contribution in [0.4, 0.5) is 0 Å². The van der Waals surface area contributed by atoms with Crippen LogP contribution in [0.25, 0.3) is 0 Å². The SMILES string of the molecule is C/C=C(/CCCCC)OC(=O)CCCC. The lowest BCUT2D eigenvalue weighted by molar-refractivity contribution is -0.139. The molecule has 0 aliphatic carbocycles. The second-order valence-corrected chi connectivity index (χ2v) is 3.79. The second-order valence-electron chi connectivity index (χ2n) is 3.79. The summed E-state index contributed by atoms with van der Waals surface area (Å²) in [7, 11) is 0. The number of ether oxygens (including phenoxy) is 1. The van der Waals surface area contributed by atoms with Gasteiger partial charge in [-0.3, -0.25) is 4.79 Å². The third-order valence-corrected chi connectivity index (χ3v) is 2.33. The van der Waals surface area contributed by atoms with Crippen LogP contribution in [0.15, 0.2) is 11.8 Å². The first kappa shape index (κ1) is 14.2. The minimum absolute atomic E-state index is 0.0820. The van der Waals surface area contributed by atoms with Crippen LogP contribution in [0.5, 0.6) is 0 Å². The van der Waals surface area contributed by atoms with Gasteiger partial charge < -0.3 is 4.74 Å². The molecule has 0 unspecified atom stereocenters. The molecule has 2 heteroatoms. The average molecular weight is 212 g/mol. The highest BCUT2D eigenvalue weighted by molar-refractivity contribution is 5.70. The maximum Gasteiger partial charge on any atom is 0.310 e. The van der Waals surface area contributed by atoms with Crippen molar-refractivity contribution in [2.24, 2.45) is 0 Å². The molecule has 15 heavy (non-hydrogen) atoms. The molecule has 0 aromatic heterocycles. The van der Waals surface area contributed by atoms with Crippen LogP contribution in [0.1, 0.15) is 65.7 Å². The van der Waals surface area contributed by atoms with Gasteiger partial charge in [0, 0.05) is 12.8 Å². The number of allylic oxidation sites excluding steroid dienone is 2. The van der Waals surface area contributed by atoms with Crippen LogP contribution in [0.3, 0.4) is 0 Å². The lowest BCUT2D eigenvalue weighted by Gasteiger charge is -2.07. The van der Waals surface area contributed by atoms with Gasteiger partial charge in [0.1, 0.15) is 5.76 Å². The zero-order valence-electron chi connectivity index (χ0n) is 10.3. The first-order valence-electron chi connectivity index (χ1n) is 6.10. The maximum atomic E-state index is 11.3. The lowest BCUT2D eigenvalue weighted by atomic mass is 10.2. The third-order valence-electron chi connectivity index (χ3n) is 2.33. The van der Waals surface area contributed by atoms with E-state index in [0.717, 1.165) is 31.4 Å². The molecule has 0 heterocycles. The minimum Gasteiger partial charge on any atom is -0.431 e. The Balaban J connectivity index is 3.74. The topological polar surface area (TPSA) is 26.3 Å². The summed E-state index contributed by atoms with van der Waals surface area (Å²) in [5.41, 5.74) is 0. The minimum atomic E-state index is -0.0820. The van der Waals surface area contributed by atoms with Crippen molar-refractivity contribution in [3.8, 4) is 0 Å². The van der Waals surface area contributed by atoms with Crippen LogP contribution >= 0.6 is 0 Å². The molecule has 0 bridgehead atoms. The van der Waals surface area contributed by atoms with Gasteiger partial charge in [-0.25, -0.2) is 0 Å². The van der Waals surface area contributed by atoms with Gasteiger partial charge in [0.15, 0.2) is 0 Å². The Morgan fingerprint density at radius 3 is 2.27 bits per heavy atom. The van der Waals surface area contributed by atoms with Crippen LogP contribution in [-0.2, 0) is 9.53 Å². The Labute approximate surface area is 93.7 Å². The molecule has 0 saturated heterocycles. The maximum absolute atomic E-state index is 11.3. The molecule has 88 valence electrons. The largest absolute Gasteiger partial charge is 0.431 e. The summed E-state index contributed by atoms with van der Waals surface area (Å²) >= 11 is 0. The van der Waals surface area contributed by atoms with E-state index >= 15 is 0 Å². The molecule has 2 nitrogen and oxygen atoms in total. The number of carbonyl (C=O) groups is 1. The lowest BCUT2D eigenvalue weighted by Crippen LogP contribution is -2.04.